The highest BCUT2D eigenvalue weighted by Gasteiger charge is 1.93. The zero-order valence-electron chi connectivity index (χ0n) is 13.7. The normalized spacial score (nSPS) is 10.4. The highest BCUT2D eigenvalue weighted by molar-refractivity contribution is 5.82. The van der Waals surface area contributed by atoms with E-state index in [4.69, 9.17) is 0 Å². The van der Waals surface area contributed by atoms with Crippen molar-refractivity contribution >= 4 is 21.5 Å². The van der Waals surface area contributed by atoms with Crippen LogP contribution in [-0.2, 0) is 0 Å². The van der Waals surface area contributed by atoms with E-state index in [-0.39, 0.29) is 0 Å². The molecule has 0 spiro atoms. The fourth-order valence-corrected chi connectivity index (χ4v) is 2.57. The van der Waals surface area contributed by atoms with Gasteiger partial charge in [0.15, 0.2) is 0 Å². The minimum Gasteiger partial charge on any atom is -0.264 e. The van der Waals surface area contributed by atoms with E-state index in [1.807, 2.05) is 31.6 Å². The Labute approximate surface area is 136 Å². The lowest BCUT2D eigenvalue weighted by Crippen LogP contribution is -1.81. The maximum absolute atomic E-state index is 4.25. The monoisotopic (exact) mass is 300 g/mol. The zero-order chi connectivity index (χ0) is 16.2. The molecule has 23 heavy (non-hydrogen) atoms. The molecule has 0 aliphatic rings. The molecule has 0 fully saturated rings. The molecule has 2 aromatic heterocycles. The molecule has 0 atom stereocenters. The van der Waals surface area contributed by atoms with Gasteiger partial charge in [-0.25, -0.2) is 0 Å². The maximum Gasteiger partial charge on any atom is 0.0379 e. The molecular weight excluding hydrogens is 280 g/mol. The summed E-state index contributed by atoms with van der Waals surface area (Å²) in [6.45, 7) is 6.21. The summed E-state index contributed by atoms with van der Waals surface area (Å²) in [6.07, 6.45) is 5.63. The minimum atomic E-state index is 1.08. The van der Waals surface area contributed by atoms with E-state index in [0.717, 1.165) is 5.69 Å². The van der Waals surface area contributed by atoms with Gasteiger partial charge in [-0.2, -0.15) is 0 Å². The molecule has 0 aliphatic heterocycles. The second-order valence-electron chi connectivity index (χ2n) is 5.90. The molecule has 2 aromatic carbocycles. The van der Waals surface area contributed by atoms with Gasteiger partial charge in [-0.3, -0.25) is 9.97 Å². The van der Waals surface area contributed by atoms with Gasteiger partial charge in [0.1, 0.15) is 0 Å². The fraction of sp³-hybridized carbons (Fsp3) is 0.143. The summed E-state index contributed by atoms with van der Waals surface area (Å²) in [5, 5.41) is 4.96. The van der Waals surface area contributed by atoms with Crippen LogP contribution in [0.3, 0.4) is 0 Å². The highest BCUT2D eigenvalue weighted by atomic mass is 14.6. The number of aryl methyl sites for hydroxylation is 3. The van der Waals surface area contributed by atoms with Gasteiger partial charge in [-0.15, -0.1) is 0 Å². The van der Waals surface area contributed by atoms with Crippen molar-refractivity contribution < 1.29 is 0 Å². The quantitative estimate of drug-likeness (QED) is 0.435. The SMILES string of the molecule is Cc1ccc2cc(C)ncc2c1.Cc1ccc2cnccc2c1. The Hall–Kier alpha value is -2.74. The molecule has 0 saturated carbocycles. The summed E-state index contributed by atoms with van der Waals surface area (Å²) in [5.41, 5.74) is 3.66. The van der Waals surface area contributed by atoms with Crippen molar-refractivity contribution in [3.05, 3.63) is 83.9 Å². The maximum atomic E-state index is 4.25. The third-order valence-electron chi connectivity index (χ3n) is 3.81. The van der Waals surface area contributed by atoms with Crippen LogP contribution in [0.1, 0.15) is 16.8 Å². The Morgan fingerprint density at radius 2 is 1.26 bits per heavy atom. The van der Waals surface area contributed by atoms with E-state index in [1.165, 1.54) is 32.7 Å². The number of fused-ring (bicyclic) bond motifs is 2. The van der Waals surface area contributed by atoms with E-state index in [9.17, 15) is 0 Å². The molecule has 4 aromatic rings. The average molecular weight is 300 g/mol. The topological polar surface area (TPSA) is 25.8 Å². The second kappa shape index (κ2) is 6.57. The van der Waals surface area contributed by atoms with Crippen LogP contribution >= 0.6 is 0 Å². The number of hydrogen-bond acceptors (Lipinski definition) is 2. The number of nitrogens with zero attached hydrogens (tertiary/aromatic N) is 2. The average Bonchev–Trinajstić information content (AvgIpc) is 2.55. The molecule has 0 aliphatic carbocycles. The van der Waals surface area contributed by atoms with Crippen molar-refractivity contribution in [2.75, 3.05) is 0 Å². The van der Waals surface area contributed by atoms with Gasteiger partial charge in [0.2, 0.25) is 0 Å². The predicted octanol–water partition coefficient (Wildman–Crippen LogP) is 5.39. The number of hydrogen-bond donors (Lipinski definition) is 0. The van der Waals surface area contributed by atoms with E-state index in [2.05, 4.69) is 66.3 Å². The lowest BCUT2D eigenvalue weighted by atomic mass is 10.1. The molecule has 0 bridgehead atoms. The largest absolute Gasteiger partial charge is 0.264 e. The van der Waals surface area contributed by atoms with E-state index in [1.54, 1.807) is 0 Å². The van der Waals surface area contributed by atoms with E-state index < -0.39 is 0 Å². The first-order valence-corrected chi connectivity index (χ1v) is 7.75. The number of benzene rings is 2. The molecule has 2 heteroatoms. The Balaban J connectivity index is 0.000000136. The van der Waals surface area contributed by atoms with Crippen LogP contribution in [0.5, 0.6) is 0 Å². The van der Waals surface area contributed by atoms with Crippen molar-refractivity contribution in [1.29, 1.82) is 0 Å². The fourth-order valence-electron chi connectivity index (χ4n) is 2.57. The molecule has 4 rings (SSSR count). The van der Waals surface area contributed by atoms with Crippen LogP contribution in [-0.4, -0.2) is 9.97 Å². The standard InChI is InChI=1S/C11H11N.C10H9N/c1-8-3-4-10-6-9(2)12-7-11(10)5-8;1-8-2-3-10-7-11-5-4-9(10)6-8/h3-7H,1-2H3;2-7H,1H3. The zero-order valence-corrected chi connectivity index (χ0v) is 13.7. The summed E-state index contributed by atoms with van der Waals surface area (Å²) in [4.78, 5) is 8.29. The second-order valence-corrected chi connectivity index (χ2v) is 5.90. The van der Waals surface area contributed by atoms with Crippen LogP contribution in [0, 0.1) is 20.8 Å². The lowest BCUT2D eigenvalue weighted by Gasteiger charge is -1.99. The minimum absolute atomic E-state index is 1.08. The molecule has 2 nitrogen and oxygen atoms in total. The molecule has 0 unspecified atom stereocenters. The molecule has 0 N–H and O–H groups in total. The number of aromatic nitrogens is 2. The summed E-state index contributed by atoms with van der Waals surface area (Å²) in [5.74, 6) is 0. The van der Waals surface area contributed by atoms with Crippen LogP contribution in [0.25, 0.3) is 21.5 Å². The van der Waals surface area contributed by atoms with Crippen molar-refractivity contribution in [3.8, 4) is 0 Å². The Kier molecular flexibility index (Phi) is 4.33. The lowest BCUT2D eigenvalue weighted by molar-refractivity contribution is 1.22. The van der Waals surface area contributed by atoms with Crippen LogP contribution in [0.15, 0.2) is 67.1 Å². The molecule has 0 amide bonds. The first-order valence-electron chi connectivity index (χ1n) is 7.75. The summed E-state index contributed by atoms with van der Waals surface area (Å²) in [7, 11) is 0. The van der Waals surface area contributed by atoms with Crippen LogP contribution < -0.4 is 0 Å². The van der Waals surface area contributed by atoms with Gasteiger partial charge in [0, 0.05) is 35.1 Å². The smallest absolute Gasteiger partial charge is 0.0379 e. The van der Waals surface area contributed by atoms with E-state index >= 15 is 0 Å². The van der Waals surface area contributed by atoms with Gasteiger partial charge in [-0.1, -0.05) is 41.5 Å². The number of rotatable bonds is 0. The number of pyridine rings is 2. The molecular formula is C21H20N2. The van der Waals surface area contributed by atoms with Gasteiger partial charge >= 0.3 is 0 Å². The van der Waals surface area contributed by atoms with Gasteiger partial charge in [0.05, 0.1) is 0 Å². The van der Waals surface area contributed by atoms with Gasteiger partial charge in [0.25, 0.3) is 0 Å². The van der Waals surface area contributed by atoms with Crippen molar-refractivity contribution in [2.45, 2.75) is 20.8 Å². The molecule has 114 valence electrons. The van der Waals surface area contributed by atoms with Crippen LogP contribution in [0.4, 0.5) is 0 Å². The Morgan fingerprint density at radius 3 is 2.04 bits per heavy atom. The molecule has 0 radical (unpaired) electrons. The third kappa shape index (κ3) is 3.72. The first kappa shape index (κ1) is 15.2. The first-order chi connectivity index (χ1) is 11.1. The van der Waals surface area contributed by atoms with Crippen LogP contribution in [0.2, 0.25) is 0 Å². The summed E-state index contributed by atoms with van der Waals surface area (Å²) < 4.78 is 0. The van der Waals surface area contributed by atoms with Crippen molar-refractivity contribution in [1.82, 2.24) is 9.97 Å². The predicted molar refractivity (Wildman–Crippen MR) is 97.7 cm³/mol. The Bertz CT molecular complexity index is 917. The summed E-state index contributed by atoms with van der Waals surface area (Å²) in [6, 6.07) is 16.9. The third-order valence-corrected chi connectivity index (χ3v) is 3.81. The van der Waals surface area contributed by atoms with Gasteiger partial charge in [-0.05, 0) is 49.7 Å². The Morgan fingerprint density at radius 1 is 0.609 bits per heavy atom. The van der Waals surface area contributed by atoms with Crippen molar-refractivity contribution in [2.24, 2.45) is 0 Å². The van der Waals surface area contributed by atoms with Crippen molar-refractivity contribution in [3.63, 3.8) is 0 Å². The summed E-state index contributed by atoms with van der Waals surface area (Å²) >= 11 is 0. The highest BCUT2D eigenvalue weighted by Crippen LogP contribution is 2.15. The van der Waals surface area contributed by atoms with E-state index in [0.29, 0.717) is 0 Å². The molecule has 0 saturated heterocycles. The molecule has 2 heterocycles. The van der Waals surface area contributed by atoms with Gasteiger partial charge < -0.3 is 0 Å².